The van der Waals surface area contributed by atoms with Gasteiger partial charge in [0.1, 0.15) is 0 Å². The van der Waals surface area contributed by atoms with E-state index in [2.05, 4.69) is 14.9 Å². The van der Waals surface area contributed by atoms with Gasteiger partial charge in [0.25, 0.3) is 0 Å². The van der Waals surface area contributed by atoms with Crippen LogP contribution in [0.2, 0.25) is 0 Å². The van der Waals surface area contributed by atoms with Crippen molar-refractivity contribution in [2.75, 3.05) is 0 Å². The molecule has 0 aliphatic rings. The highest BCUT2D eigenvalue weighted by Gasteiger charge is 2.18. The number of nitrogens with one attached hydrogen (secondary N) is 1. The molecule has 0 atom stereocenters. The molecular weight excluding hydrogens is 290 g/mol. The fourth-order valence-corrected chi connectivity index (χ4v) is 3.10. The predicted octanol–water partition coefficient (Wildman–Crippen LogP) is 2.29. The molecule has 1 aromatic carbocycles. The summed E-state index contributed by atoms with van der Waals surface area (Å²) in [5.41, 5.74) is 1.59. The summed E-state index contributed by atoms with van der Waals surface area (Å²) in [4.78, 5) is 0.270. The molecule has 0 saturated carbocycles. The summed E-state index contributed by atoms with van der Waals surface area (Å²) in [5, 5.41) is 7.70. The Morgan fingerprint density at radius 3 is 2.57 bits per heavy atom. The van der Waals surface area contributed by atoms with Crippen LogP contribution in [0.15, 0.2) is 27.5 Å². The Labute approximate surface area is 124 Å². The molecule has 1 heterocycles. The van der Waals surface area contributed by atoms with Crippen molar-refractivity contribution in [2.45, 2.75) is 45.1 Å². The second-order valence-electron chi connectivity index (χ2n) is 5.28. The molecular formula is C14H19N3O3S. The molecule has 0 unspecified atom stereocenters. The molecule has 114 valence electrons. The Kier molecular flexibility index (Phi) is 4.43. The van der Waals surface area contributed by atoms with Crippen molar-refractivity contribution >= 4 is 10.0 Å². The number of hydrogen-bond acceptors (Lipinski definition) is 5. The average Bonchev–Trinajstić information content (AvgIpc) is 2.88. The minimum atomic E-state index is -3.60. The molecule has 0 saturated heterocycles. The van der Waals surface area contributed by atoms with Crippen LogP contribution in [0.1, 0.15) is 42.7 Å². The van der Waals surface area contributed by atoms with Crippen molar-refractivity contribution in [1.82, 2.24) is 14.9 Å². The van der Waals surface area contributed by atoms with E-state index >= 15 is 0 Å². The fourth-order valence-electron chi connectivity index (χ4n) is 1.80. The van der Waals surface area contributed by atoms with Crippen LogP contribution in [0.25, 0.3) is 0 Å². The Morgan fingerprint density at radius 2 is 1.95 bits per heavy atom. The first kappa shape index (κ1) is 15.7. The Bertz CT molecular complexity index is 736. The average molecular weight is 309 g/mol. The lowest BCUT2D eigenvalue weighted by Gasteiger charge is -2.08. The molecule has 0 aliphatic carbocycles. The molecule has 1 aromatic heterocycles. The number of nitrogens with zero attached hydrogens (tertiary/aromatic N) is 2. The molecule has 21 heavy (non-hydrogen) atoms. The molecule has 0 amide bonds. The standard InChI is InChI=1S/C14H19N3O3S/c1-9(2)14-17-16-13(20-14)8-15-21(18,19)12-7-10(3)5-6-11(12)4/h5-7,9,15H,8H2,1-4H3. The first-order valence-electron chi connectivity index (χ1n) is 6.69. The van der Waals surface area contributed by atoms with Crippen molar-refractivity contribution in [3.63, 3.8) is 0 Å². The van der Waals surface area contributed by atoms with E-state index < -0.39 is 10.0 Å². The number of aryl methyl sites for hydroxylation is 2. The van der Waals surface area contributed by atoms with E-state index in [9.17, 15) is 8.42 Å². The Hall–Kier alpha value is -1.73. The maximum Gasteiger partial charge on any atom is 0.241 e. The van der Waals surface area contributed by atoms with Crippen LogP contribution in [-0.2, 0) is 16.6 Å². The summed E-state index contributed by atoms with van der Waals surface area (Å²) in [5.74, 6) is 0.866. The molecule has 0 aliphatic heterocycles. The minimum Gasteiger partial charge on any atom is -0.424 e. The smallest absolute Gasteiger partial charge is 0.241 e. The zero-order valence-corrected chi connectivity index (χ0v) is 13.4. The first-order valence-corrected chi connectivity index (χ1v) is 8.17. The summed E-state index contributed by atoms with van der Waals surface area (Å²) in [6.07, 6.45) is 0. The predicted molar refractivity (Wildman–Crippen MR) is 78.3 cm³/mol. The van der Waals surface area contributed by atoms with Gasteiger partial charge in [-0.3, -0.25) is 0 Å². The molecule has 2 rings (SSSR count). The lowest BCUT2D eigenvalue weighted by atomic mass is 10.2. The van der Waals surface area contributed by atoms with Crippen molar-refractivity contribution in [3.05, 3.63) is 41.1 Å². The summed E-state index contributed by atoms with van der Waals surface area (Å²) in [7, 11) is -3.60. The summed E-state index contributed by atoms with van der Waals surface area (Å²) in [6, 6.07) is 5.31. The van der Waals surface area contributed by atoms with Crippen molar-refractivity contribution in [2.24, 2.45) is 0 Å². The highest BCUT2D eigenvalue weighted by molar-refractivity contribution is 7.89. The largest absolute Gasteiger partial charge is 0.424 e. The molecule has 0 fully saturated rings. The topological polar surface area (TPSA) is 85.1 Å². The normalized spacial score (nSPS) is 12.0. The molecule has 2 aromatic rings. The van der Waals surface area contributed by atoms with Gasteiger partial charge in [0.15, 0.2) is 0 Å². The Balaban J connectivity index is 2.15. The van der Waals surface area contributed by atoms with Crippen LogP contribution in [0, 0.1) is 13.8 Å². The van der Waals surface area contributed by atoms with Crippen molar-refractivity contribution < 1.29 is 12.8 Å². The fraction of sp³-hybridized carbons (Fsp3) is 0.429. The van der Waals surface area contributed by atoms with E-state index in [-0.39, 0.29) is 23.2 Å². The van der Waals surface area contributed by atoms with Crippen LogP contribution in [0.5, 0.6) is 0 Å². The van der Waals surface area contributed by atoms with E-state index in [0.29, 0.717) is 11.5 Å². The van der Waals surface area contributed by atoms with Crippen LogP contribution in [0.4, 0.5) is 0 Å². The van der Waals surface area contributed by atoms with Crippen LogP contribution >= 0.6 is 0 Å². The number of hydrogen-bond donors (Lipinski definition) is 1. The molecule has 7 heteroatoms. The van der Waals surface area contributed by atoms with Gasteiger partial charge in [0.2, 0.25) is 21.8 Å². The Morgan fingerprint density at radius 1 is 1.24 bits per heavy atom. The first-order chi connectivity index (χ1) is 9.79. The minimum absolute atomic E-state index is 0.0184. The third-order valence-electron chi connectivity index (χ3n) is 3.02. The van der Waals surface area contributed by atoms with Gasteiger partial charge in [0, 0.05) is 5.92 Å². The van der Waals surface area contributed by atoms with Crippen molar-refractivity contribution in [1.29, 1.82) is 0 Å². The molecule has 1 N–H and O–H groups in total. The van der Waals surface area contributed by atoms with E-state index in [1.807, 2.05) is 26.8 Å². The number of aromatic nitrogens is 2. The number of rotatable bonds is 5. The highest BCUT2D eigenvalue weighted by Crippen LogP contribution is 2.17. The van der Waals surface area contributed by atoms with Gasteiger partial charge >= 0.3 is 0 Å². The summed E-state index contributed by atoms with van der Waals surface area (Å²) in [6.45, 7) is 7.45. The van der Waals surface area contributed by atoms with Crippen LogP contribution in [0.3, 0.4) is 0 Å². The third kappa shape index (κ3) is 3.68. The zero-order valence-electron chi connectivity index (χ0n) is 12.5. The third-order valence-corrected chi connectivity index (χ3v) is 4.57. The summed E-state index contributed by atoms with van der Waals surface area (Å²) < 4.78 is 32.5. The lowest BCUT2D eigenvalue weighted by Crippen LogP contribution is -2.24. The van der Waals surface area contributed by atoms with E-state index in [1.54, 1.807) is 19.1 Å². The van der Waals surface area contributed by atoms with Crippen molar-refractivity contribution in [3.8, 4) is 0 Å². The van der Waals surface area contributed by atoms with Gasteiger partial charge in [-0.15, -0.1) is 10.2 Å². The van der Waals surface area contributed by atoms with Crippen LogP contribution < -0.4 is 4.72 Å². The molecule has 6 nitrogen and oxygen atoms in total. The van der Waals surface area contributed by atoms with Gasteiger partial charge < -0.3 is 4.42 Å². The maximum absolute atomic E-state index is 12.3. The molecule has 0 spiro atoms. The number of sulfonamides is 1. The van der Waals surface area contributed by atoms with Gasteiger partial charge in [-0.25, -0.2) is 13.1 Å². The van der Waals surface area contributed by atoms with Gasteiger partial charge in [0.05, 0.1) is 11.4 Å². The second kappa shape index (κ2) is 5.95. The van der Waals surface area contributed by atoms with E-state index in [1.165, 1.54) is 0 Å². The maximum atomic E-state index is 12.3. The monoisotopic (exact) mass is 309 g/mol. The molecule has 0 bridgehead atoms. The number of benzene rings is 1. The van der Waals surface area contributed by atoms with Gasteiger partial charge in [-0.1, -0.05) is 26.0 Å². The SMILES string of the molecule is Cc1ccc(C)c(S(=O)(=O)NCc2nnc(C(C)C)o2)c1. The quantitative estimate of drug-likeness (QED) is 0.916. The van der Waals surface area contributed by atoms with Crippen LogP contribution in [-0.4, -0.2) is 18.6 Å². The lowest BCUT2D eigenvalue weighted by molar-refractivity contribution is 0.427. The van der Waals surface area contributed by atoms with Gasteiger partial charge in [-0.2, -0.15) is 0 Å². The summed E-state index contributed by atoms with van der Waals surface area (Å²) >= 11 is 0. The zero-order chi connectivity index (χ0) is 15.6. The van der Waals surface area contributed by atoms with E-state index in [0.717, 1.165) is 5.56 Å². The van der Waals surface area contributed by atoms with E-state index in [4.69, 9.17) is 4.42 Å². The van der Waals surface area contributed by atoms with Gasteiger partial charge in [-0.05, 0) is 31.0 Å². The second-order valence-corrected chi connectivity index (χ2v) is 7.02. The highest BCUT2D eigenvalue weighted by atomic mass is 32.2. The molecule has 0 radical (unpaired) electrons.